The van der Waals surface area contributed by atoms with Crippen LogP contribution in [0.4, 0.5) is 0 Å². The number of ether oxygens (including phenoxy) is 2. The SMILES string of the molecule is SCCC#Cc1csc(C2OCCO2)c1. The minimum absolute atomic E-state index is 0.171. The highest BCUT2D eigenvalue weighted by molar-refractivity contribution is 7.80. The van der Waals surface area contributed by atoms with Gasteiger partial charge in [0.05, 0.1) is 18.1 Å². The predicted molar refractivity (Wildman–Crippen MR) is 64.3 cm³/mol. The van der Waals surface area contributed by atoms with E-state index in [0.29, 0.717) is 13.2 Å². The maximum atomic E-state index is 5.41. The summed E-state index contributed by atoms with van der Waals surface area (Å²) in [7, 11) is 0. The highest BCUT2D eigenvalue weighted by atomic mass is 32.1. The van der Waals surface area contributed by atoms with E-state index in [1.54, 1.807) is 11.3 Å². The smallest absolute Gasteiger partial charge is 0.193 e. The van der Waals surface area contributed by atoms with Crippen molar-refractivity contribution in [1.82, 2.24) is 0 Å². The van der Waals surface area contributed by atoms with Crippen LogP contribution in [-0.2, 0) is 9.47 Å². The zero-order valence-electron chi connectivity index (χ0n) is 8.23. The van der Waals surface area contributed by atoms with Crippen LogP contribution in [0.5, 0.6) is 0 Å². The Balaban J connectivity index is 2.01. The molecule has 80 valence electrons. The van der Waals surface area contributed by atoms with Gasteiger partial charge in [0.1, 0.15) is 0 Å². The minimum atomic E-state index is -0.171. The van der Waals surface area contributed by atoms with Crippen molar-refractivity contribution in [3.05, 3.63) is 21.9 Å². The van der Waals surface area contributed by atoms with E-state index >= 15 is 0 Å². The molecule has 0 amide bonds. The third-order valence-electron chi connectivity index (χ3n) is 1.94. The Hall–Kier alpha value is -0.470. The Kier molecular flexibility index (Phi) is 4.09. The van der Waals surface area contributed by atoms with Crippen molar-refractivity contribution in [3.8, 4) is 11.8 Å². The van der Waals surface area contributed by atoms with E-state index in [-0.39, 0.29) is 6.29 Å². The first-order valence-corrected chi connectivity index (χ1v) is 6.33. The van der Waals surface area contributed by atoms with E-state index in [1.165, 1.54) is 0 Å². The number of thiol groups is 1. The predicted octanol–water partition coefficient (Wildman–Crippen LogP) is 2.46. The van der Waals surface area contributed by atoms with Crippen LogP contribution in [0.2, 0.25) is 0 Å². The quantitative estimate of drug-likeness (QED) is 0.632. The van der Waals surface area contributed by atoms with Gasteiger partial charge in [-0.1, -0.05) is 11.8 Å². The molecule has 1 aromatic rings. The first-order chi connectivity index (χ1) is 7.40. The van der Waals surface area contributed by atoms with Crippen molar-refractivity contribution in [3.63, 3.8) is 0 Å². The number of hydrogen-bond donors (Lipinski definition) is 1. The maximum absolute atomic E-state index is 5.41. The van der Waals surface area contributed by atoms with Crippen LogP contribution in [0.15, 0.2) is 11.4 Å². The second kappa shape index (κ2) is 5.57. The van der Waals surface area contributed by atoms with Crippen molar-refractivity contribution in [1.29, 1.82) is 0 Å². The molecule has 0 bridgehead atoms. The molecule has 0 aliphatic carbocycles. The third-order valence-corrected chi connectivity index (χ3v) is 3.12. The first kappa shape index (κ1) is 11.0. The molecule has 1 aliphatic rings. The molecule has 2 nitrogen and oxygen atoms in total. The summed E-state index contributed by atoms with van der Waals surface area (Å²) in [6.07, 6.45) is 0.653. The van der Waals surface area contributed by atoms with Crippen molar-refractivity contribution in [2.24, 2.45) is 0 Å². The van der Waals surface area contributed by atoms with Gasteiger partial charge in [0.25, 0.3) is 0 Å². The fourth-order valence-corrected chi connectivity index (χ4v) is 2.23. The van der Waals surface area contributed by atoms with Crippen LogP contribution in [0.3, 0.4) is 0 Å². The van der Waals surface area contributed by atoms with Crippen LogP contribution in [0.1, 0.15) is 23.2 Å². The van der Waals surface area contributed by atoms with Crippen LogP contribution < -0.4 is 0 Å². The molecule has 0 N–H and O–H groups in total. The highest BCUT2D eigenvalue weighted by Gasteiger charge is 2.19. The number of thiophene rings is 1. The van der Waals surface area contributed by atoms with Crippen molar-refractivity contribution >= 4 is 24.0 Å². The maximum Gasteiger partial charge on any atom is 0.193 e. The fourth-order valence-electron chi connectivity index (χ4n) is 1.29. The lowest BCUT2D eigenvalue weighted by molar-refractivity contribution is -0.0413. The second-order valence-electron chi connectivity index (χ2n) is 3.09. The van der Waals surface area contributed by atoms with E-state index < -0.39 is 0 Å². The molecule has 0 spiro atoms. The van der Waals surface area contributed by atoms with Gasteiger partial charge in [-0.05, 0) is 6.07 Å². The summed E-state index contributed by atoms with van der Waals surface area (Å²) in [5, 5.41) is 2.03. The molecule has 15 heavy (non-hydrogen) atoms. The van der Waals surface area contributed by atoms with E-state index in [9.17, 15) is 0 Å². The van der Waals surface area contributed by atoms with Gasteiger partial charge in [0.2, 0.25) is 0 Å². The normalized spacial score (nSPS) is 16.3. The summed E-state index contributed by atoms with van der Waals surface area (Å²) in [6, 6.07) is 2.03. The number of hydrogen-bond acceptors (Lipinski definition) is 4. The number of rotatable bonds is 2. The van der Waals surface area contributed by atoms with Gasteiger partial charge >= 0.3 is 0 Å². The molecule has 2 heterocycles. The minimum Gasteiger partial charge on any atom is -0.345 e. The average molecular weight is 240 g/mol. The first-order valence-electron chi connectivity index (χ1n) is 4.81. The Morgan fingerprint density at radius 3 is 3.00 bits per heavy atom. The highest BCUT2D eigenvalue weighted by Crippen LogP contribution is 2.28. The summed E-state index contributed by atoms with van der Waals surface area (Å²) in [6.45, 7) is 1.37. The second-order valence-corrected chi connectivity index (χ2v) is 4.48. The Morgan fingerprint density at radius 2 is 2.27 bits per heavy atom. The molecule has 1 aliphatic heterocycles. The lowest BCUT2D eigenvalue weighted by Gasteiger charge is -2.03. The summed E-state index contributed by atoms with van der Waals surface area (Å²) in [5.41, 5.74) is 1.04. The molecular formula is C11H12O2S2. The van der Waals surface area contributed by atoms with Crippen LogP contribution >= 0.6 is 24.0 Å². The molecule has 0 unspecified atom stereocenters. The van der Waals surface area contributed by atoms with Crippen LogP contribution in [0.25, 0.3) is 0 Å². The van der Waals surface area contributed by atoms with Gasteiger partial charge in [-0.3, -0.25) is 0 Å². The largest absolute Gasteiger partial charge is 0.345 e. The van der Waals surface area contributed by atoms with Crippen molar-refractivity contribution in [2.45, 2.75) is 12.7 Å². The molecule has 1 saturated heterocycles. The van der Waals surface area contributed by atoms with Gasteiger partial charge in [0, 0.05) is 23.1 Å². The molecular weight excluding hydrogens is 228 g/mol. The van der Waals surface area contributed by atoms with Gasteiger partial charge in [0.15, 0.2) is 6.29 Å². The van der Waals surface area contributed by atoms with Gasteiger partial charge in [-0.2, -0.15) is 12.6 Å². The molecule has 2 rings (SSSR count). The topological polar surface area (TPSA) is 18.5 Å². The third kappa shape index (κ3) is 2.99. The van der Waals surface area contributed by atoms with Gasteiger partial charge < -0.3 is 9.47 Å². The van der Waals surface area contributed by atoms with Crippen molar-refractivity contribution < 1.29 is 9.47 Å². The monoisotopic (exact) mass is 240 g/mol. The van der Waals surface area contributed by atoms with E-state index in [4.69, 9.17) is 9.47 Å². The molecule has 1 aromatic heterocycles. The van der Waals surface area contributed by atoms with E-state index in [2.05, 4.69) is 24.5 Å². The standard InChI is InChI=1S/C11H12O2S2/c14-6-2-1-3-9-7-10(15-8-9)11-12-4-5-13-11/h7-8,11,14H,2,4-6H2. The van der Waals surface area contributed by atoms with Gasteiger partial charge in [-0.15, -0.1) is 11.3 Å². The molecule has 4 heteroatoms. The van der Waals surface area contributed by atoms with Crippen LogP contribution in [-0.4, -0.2) is 19.0 Å². The molecule has 0 atom stereocenters. The summed E-state index contributed by atoms with van der Waals surface area (Å²) < 4.78 is 10.8. The van der Waals surface area contributed by atoms with Crippen LogP contribution in [0, 0.1) is 11.8 Å². The molecule has 0 radical (unpaired) electrons. The molecule has 0 saturated carbocycles. The lowest BCUT2D eigenvalue weighted by atomic mass is 10.3. The summed E-state index contributed by atoms with van der Waals surface area (Å²) in [5.74, 6) is 6.95. The van der Waals surface area contributed by atoms with E-state index in [0.717, 1.165) is 22.6 Å². The lowest BCUT2D eigenvalue weighted by Crippen LogP contribution is -1.93. The van der Waals surface area contributed by atoms with Gasteiger partial charge in [-0.25, -0.2) is 0 Å². The average Bonchev–Trinajstić information content (AvgIpc) is 2.87. The molecule has 0 aromatic carbocycles. The summed E-state index contributed by atoms with van der Waals surface area (Å²) in [4.78, 5) is 1.10. The molecule has 1 fully saturated rings. The summed E-state index contributed by atoms with van der Waals surface area (Å²) >= 11 is 5.74. The Morgan fingerprint density at radius 1 is 1.47 bits per heavy atom. The zero-order valence-corrected chi connectivity index (χ0v) is 9.94. The van der Waals surface area contributed by atoms with E-state index in [1.807, 2.05) is 11.4 Å². The van der Waals surface area contributed by atoms with Crippen molar-refractivity contribution in [2.75, 3.05) is 19.0 Å². The zero-order chi connectivity index (χ0) is 10.5. The Labute approximate surface area is 99.0 Å². The Bertz CT molecular complexity index is 369. The fraction of sp³-hybridized carbons (Fsp3) is 0.455.